The van der Waals surface area contributed by atoms with Crippen LogP contribution in [0.3, 0.4) is 0 Å². The quantitative estimate of drug-likeness (QED) is 0.753. The van der Waals surface area contributed by atoms with Crippen molar-refractivity contribution in [3.05, 3.63) is 12.2 Å². The number of amides is 2. The molecular formula is C17H28N2O3. The molecule has 0 bridgehead atoms. The maximum Gasteiger partial charge on any atom is 0.410 e. The molecule has 1 heterocycles. The van der Waals surface area contributed by atoms with E-state index in [1.165, 1.54) is 0 Å². The first-order valence-electron chi connectivity index (χ1n) is 8.16. The highest BCUT2D eigenvalue weighted by molar-refractivity contribution is 5.77. The van der Waals surface area contributed by atoms with Crippen molar-refractivity contribution < 1.29 is 14.3 Å². The molecule has 2 rings (SSSR count). The monoisotopic (exact) mass is 308 g/mol. The highest BCUT2D eigenvalue weighted by Crippen LogP contribution is 2.24. The van der Waals surface area contributed by atoms with Gasteiger partial charge in [0.05, 0.1) is 6.04 Å². The van der Waals surface area contributed by atoms with Crippen LogP contribution in [-0.2, 0) is 9.53 Å². The first-order chi connectivity index (χ1) is 10.3. The summed E-state index contributed by atoms with van der Waals surface area (Å²) in [5, 5.41) is 0. The average Bonchev–Trinajstić information content (AvgIpc) is 3.06. The third-order valence-corrected chi connectivity index (χ3v) is 4.29. The number of carbonyl (C=O) groups is 2. The van der Waals surface area contributed by atoms with Crippen LogP contribution in [0.4, 0.5) is 4.79 Å². The minimum absolute atomic E-state index is 0.0536. The lowest BCUT2D eigenvalue weighted by Crippen LogP contribution is -2.42. The van der Waals surface area contributed by atoms with Crippen LogP contribution in [0.15, 0.2) is 12.2 Å². The second-order valence-electron chi connectivity index (χ2n) is 7.34. The molecule has 124 valence electrons. The third kappa shape index (κ3) is 4.49. The van der Waals surface area contributed by atoms with Gasteiger partial charge in [-0.05, 0) is 46.0 Å². The van der Waals surface area contributed by atoms with E-state index in [1.807, 2.05) is 25.7 Å². The Hall–Kier alpha value is -1.52. The predicted octanol–water partition coefficient (Wildman–Crippen LogP) is 2.81. The Morgan fingerprint density at radius 2 is 2.05 bits per heavy atom. The number of ether oxygens (including phenoxy) is 1. The normalized spacial score (nSPS) is 24.6. The molecule has 2 amide bonds. The fraction of sp³-hybridized carbons (Fsp3) is 0.765. The number of hydrogen-bond donors (Lipinski definition) is 0. The van der Waals surface area contributed by atoms with Gasteiger partial charge in [0, 0.05) is 26.6 Å². The van der Waals surface area contributed by atoms with Crippen LogP contribution in [0.2, 0.25) is 0 Å². The highest BCUT2D eigenvalue weighted by Gasteiger charge is 2.33. The summed E-state index contributed by atoms with van der Waals surface area (Å²) in [6, 6.07) is 0.0536. The lowest BCUT2D eigenvalue weighted by atomic mass is 10.0. The first kappa shape index (κ1) is 16.8. The van der Waals surface area contributed by atoms with E-state index >= 15 is 0 Å². The average molecular weight is 308 g/mol. The Morgan fingerprint density at radius 1 is 1.32 bits per heavy atom. The molecule has 0 saturated carbocycles. The number of hydrogen-bond acceptors (Lipinski definition) is 3. The SMILES string of the molecule is CN(C(=O)OC(C)(C)C)[C@H]1CCN(C(=O)C[C@H]2C=CCC2)C1. The molecule has 0 N–H and O–H groups in total. The number of likely N-dealkylation sites (tertiary alicyclic amines) is 1. The van der Waals surface area contributed by atoms with E-state index in [1.54, 1.807) is 11.9 Å². The summed E-state index contributed by atoms with van der Waals surface area (Å²) >= 11 is 0. The van der Waals surface area contributed by atoms with Gasteiger partial charge in [0.25, 0.3) is 0 Å². The molecule has 0 spiro atoms. The number of carbonyl (C=O) groups excluding carboxylic acids is 2. The van der Waals surface area contributed by atoms with Crippen molar-refractivity contribution in [2.75, 3.05) is 20.1 Å². The second kappa shape index (κ2) is 6.71. The predicted molar refractivity (Wildman–Crippen MR) is 85.5 cm³/mol. The smallest absolute Gasteiger partial charge is 0.410 e. The van der Waals surface area contributed by atoms with Gasteiger partial charge < -0.3 is 14.5 Å². The van der Waals surface area contributed by atoms with Gasteiger partial charge in [-0.15, -0.1) is 0 Å². The molecule has 2 atom stereocenters. The summed E-state index contributed by atoms with van der Waals surface area (Å²) < 4.78 is 5.39. The molecular weight excluding hydrogens is 280 g/mol. The Labute approximate surface area is 133 Å². The van der Waals surface area contributed by atoms with Crippen LogP contribution in [0.5, 0.6) is 0 Å². The van der Waals surface area contributed by atoms with E-state index < -0.39 is 5.60 Å². The summed E-state index contributed by atoms with van der Waals surface area (Å²) in [5.74, 6) is 0.603. The highest BCUT2D eigenvalue weighted by atomic mass is 16.6. The van der Waals surface area contributed by atoms with Gasteiger partial charge in [-0.3, -0.25) is 4.79 Å². The number of nitrogens with zero attached hydrogens (tertiary/aromatic N) is 2. The molecule has 2 aliphatic rings. The van der Waals surface area contributed by atoms with E-state index in [4.69, 9.17) is 4.74 Å². The topological polar surface area (TPSA) is 49.9 Å². The molecule has 0 aromatic carbocycles. The molecule has 1 fully saturated rings. The Balaban J connectivity index is 1.82. The fourth-order valence-electron chi connectivity index (χ4n) is 2.99. The summed E-state index contributed by atoms with van der Waals surface area (Å²) in [6.07, 6.45) is 7.58. The summed E-state index contributed by atoms with van der Waals surface area (Å²) in [4.78, 5) is 27.9. The zero-order chi connectivity index (χ0) is 16.3. The van der Waals surface area contributed by atoms with Crippen molar-refractivity contribution in [3.63, 3.8) is 0 Å². The third-order valence-electron chi connectivity index (χ3n) is 4.29. The van der Waals surface area contributed by atoms with Crippen molar-refractivity contribution in [2.45, 2.75) is 58.1 Å². The van der Waals surface area contributed by atoms with E-state index in [0.29, 0.717) is 18.9 Å². The largest absolute Gasteiger partial charge is 0.444 e. The maximum atomic E-state index is 12.3. The molecule has 1 aliphatic carbocycles. The van der Waals surface area contributed by atoms with Gasteiger partial charge in [-0.1, -0.05) is 12.2 Å². The summed E-state index contributed by atoms with van der Waals surface area (Å²) in [7, 11) is 1.76. The molecule has 0 radical (unpaired) electrons. The van der Waals surface area contributed by atoms with Crippen molar-refractivity contribution in [3.8, 4) is 0 Å². The molecule has 0 aromatic heterocycles. The molecule has 1 aliphatic heterocycles. The maximum absolute atomic E-state index is 12.3. The molecule has 1 saturated heterocycles. The van der Waals surface area contributed by atoms with Gasteiger partial charge in [-0.2, -0.15) is 0 Å². The van der Waals surface area contributed by atoms with Crippen molar-refractivity contribution in [1.29, 1.82) is 0 Å². The number of rotatable bonds is 3. The standard InChI is InChI=1S/C17H28N2O3/c1-17(2,3)22-16(21)18(4)14-9-10-19(12-14)15(20)11-13-7-5-6-8-13/h5,7,13-14H,6,8-12H2,1-4H3/t13-,14-/m0/s1. The minimum atomic E-state index is -0.492. The van der Waals surface area contributed by atoms with Gasteiger partial charge >= 0.3 is 6.09 Å². The first-order valence-corrected chi connectivity index (χ1v) is 8.16. The second-order valence-corrected chi connectivity index (χ2v) is 7.34. The van der Waals surface area contributed by atoms with Crippen LogP contribution in [0.1, 0.15) is 46.5 Å². The summed E-state index contributed by atoms with van der Waals surface area (Å²) in [5.41, 5.74) is -0.492. The van der Waals surface area contributed by atoms with Gasteiger partial charge in [-0.25, -0.2) is 4.79 Å². The Kier molecular flexibility index (Phi) is 5.14. The zero-order valence-electron chi connectivity index (χ0n) is 14.2. The van der Waals surface area contributed by atoms with Crippen molar-refractivity contribution in [1.82, 2.24) is 9.80 Å². The molecule has 5 nitrogen and oxygen atoms in total. The van der Waals surface area contributed by atoms with E-state index in [2.05, 4.69) is 12.2 Å². The summed E-state index contributed by atoms with van der Waals surface area (Å²) in [6.45, 7) is 6.92. The van der Waals surface area contributed by atoms with Crippen molar-refractivity contribution in [2.24, 2.45) is 5.92 Å². The van der Waals surface area contributed by atoms with Crippen molar-refractivity contribution >= 4 is 12.0 Å². The number of allylic oxidation sites excluding steroid dienone is 2. The van der Waals surface area contributed by atoms with Crippen LogP contribution >= 0.6 is 0 Å². The van der Waals surface area contributed by atoms with Gasteiger partial charge in [0.1, 0.15) is 5.60 Å². The fourth-order valence-corrected chi connectivity index (χ4v) is 2.99. The lowest BCUT2D eigenvalue weighted by Gasteiger charge is -2.28. The van der Waals surface area contributed by atoms with Crippen LogP contribution in [0, 0.1) is 5.92 Å². The molecule has 0 unspecified atom stereocenters. The minimum Gasteiger partial charge on any atom is -0.444 e. The zero-order valence-corrected chi connectivity index (χ0v) is 14.2. The van der Waals surface area contributed by atoms with E-state index in [-0.39, 0.29) is 18.0 Å². The van der Waals surface area contributed by atoms with Crippen LogP contribution < -0.4 is 0 Å². The molecule has 5 heteroatoms. The number of likely N-dealkylation sites (N-methyl/N-ethyl adjacent to an activating group) is 1. The molecule has 22 heavy (non-hydrogen) atoms. The Bertz CT molecular complexity index is 453. The Morgan fingerprint density at radius 3 is 2.64 bits per heavy atom. The van der Waals surface area contributed by atoms with Gasteiger partial charge in [0.15, 0.2) is 0 Å². The van der Waals surface area contributed by atoms with E-state index in [0.717, 1.165) is 25.8 Å². The molecule has 0 aromatic rings. The van der Waals surface area contributed by atoms with E-state index in [9.17, 15) is 9.59 Å². The lowest BCUT2D eigenvalue weighted by molar-refractivity contribution is -0.131. The van der Waals surface area contributed by atoms with Crippen LogP contribution in [-0.4, -0.2) is 53.6 Å². The van der Waals surface area contributed by atoms with Gasteiger partial charge in [0.2, 0.25) is 5.91 Å². The van der Waals surface area contributed by atoms with Crippen LogP contribution in [0.25, 0.3) is 0 Å².